The number of Topliss-reactive ketones (excluding diaryl/α,β-unsaturated/α-hetero) is 1. The summed E-state index contributed by atoms with van der Waals surface area (Å²) >= 11 is 2.28. The monoisotopic (exact) mass is 412 g/mol. The third-order valence-electron chi connectivity index (χ3n) is 3.86. The van der Waals surface area contributed by atoms with E-state index in [9.17, 15) is 24.3 Å². The molecule has 0 aliphatic carbocycles. The van der Waals surface area contributed by atoms with E-state index in [0.29, 0.717) is 13.0 Å². The first-order valence-corrected chi connectivity index (χ1v) is 9.88. The third-order valence-corrected chi connectivity index (χ3v) is 5.79. The van der Waals surface area contributed by atoms with Crippen molar-refractivity contribution in [3.05, 3.63) is 22.5 Å². The molecule has 3 rings (SSSR count). The molecule has 2 aliphatic heterocycles. The van der Waals surface area contributed by atoms with Gasteiger partial charge < -0.3 is 20.9 Å². The lowest BCUT2D eigenvalue weighted by Gasteiger charge is -2.48. The summed E-state index contributed by atoms with van der Waals surface area (Å²) in [6, 6.07) is -0.996. The maximum Gasteiger partial charge on any atom is 0.356 e. The summed E-state index contributed by atoms with van der Waals surface area (Å²) in [7, 11) is 0. The van der Waals surface area contributed by atoms with Crippen LogP contribution in [0.25, 0.3) is 0 Å². The molecule has 2 aliphatic rings. The highest BCUT2D eigenvalue weighted by Crippen LogP contribution is 2.40. The zero-order valence-electron chi connectivity index (χ0n) is 14.1. The summed E-state index contributed by atoms with van der Waals surface area (Å²) in [6.45, 7) is 2.22. The van der Waals surface area contributed by atoms with Gasteiger partial charge in [-0.25, -0.2) is 9.78 Å². The normalized spacial score (nSPS) is 21.4. The number of carbonyl (C=O) groups is 4. The molecule has 0 saturated carbocycles. The Kier molecular flexibility index (Phi) is 5.37. The lowest BCUT2D eigenvalue weighted by Crippen LogP contribution is -2.71. The number of nitrogens with zero attached hydrogens (tertiary/aromatic N) is 2. The number of anilines is 1. The molecular formula is C15H16N4O6S2. The second-order valence-corrected chi connectivity index (χ2v) is 7.68. The molecule has 12 heteroatoms. The van der Waals surface area contributed by atoms with Gasteiger partial charge in [-0.1, -0.05) is 6.92 Å². The standard InChI is InChI=1S/C15H16N4O6S2/c1-2-3-25-7-5-26-13-8(12(22)19(13)9(7)14(23)24)18-11(21)10(20)6-4-27-15(16)17-6/h4,8,13H,2-3,5H2,1H3,(H2,16,17)(H,18,21)(H,23,24)/t8?,13-/m0/s1. The predicted molar refractivity (Wildman–Crippen MR) is 96.8 cm³/mol. The molecule has 1 aromatic rings. The second-order valence-electron chi connectivity index (χ2n) is 5.69. The van der Waals surface area contributed by atoms with Crippen molar-refractivity contribution in [2.75, 3.05) is 18.1 Å². The molecule has 4 N–H and O–H groups in total. The number of nitrogen functional groups attached to an aromatic ring is 1. The maximum atomic E-state index is 12.4. The van der Waals surface area contributed by atoms with Crippen molar-refractivity contribution in [3.8, 4) is 0 Å². The van der Waals surface area contributed by atoms with E-state index in [0.717, 1.165) is 16.2 Å². The van der Waals surface area contributed by atoms with Crippen molar-refractivity contribution in [1.82, 2.24) is 15.2 Å². The van der Waals surface area contributed by atoms with Gasteiger partial charge in [0.2, 0.25) is 0 Å². The lowest BCUT2D eigenvalue weighted by molar-refractivity contribution is -0.150. The molecule has 10 nitrogen and oxygen atoms in total. The average molecular weight is 412 g/mol. The first-order valence-electron chi connectivity index (χ1n) is 7.95. The summed E-state index contributed by atoms with van der Waals surface area (Å²) in [5.74, 6) is -3.32. The molecule has 3 heterocycles. The Morgan fingerprint density at radius 2 is 2.22 bits per heavy atom. The Morgan fingerprint density at radius 3 is 2.81 bits per heavy atom. The van der Waals surface area contributed by atoms with Crippen LogP contribution in [0.2, 0.25) is 0 Å². The minimum atomic E-state index is -1.28. The Morgan fingerprint density at radius 1 is 1.48 bits per heavy atom. The smallest absolute Gasteiger partial charge is 0.356 e. The number of ether oxygens (including phenoxy) is 1. The van der Waals surface area contributed by atoms with Crippen molar-refractivity contribution in [3.63, 3.8) is 0 Å². The number of carbonyl (C=O) groups excluding carboxylic acids is 3. The molecule has 0 spiro atoms. The van der Waals surface area contributed by atoms with Crippen LogP contribution < -0.4 is 11.1 Å². The van der Waals surface area contributed by atoms with E-state index in [1.165, 1.54) is 17.1 Å². The number of nitrogens with two attached hydrogens (primary N) is 1. The summed E-state index contributed by atoms with van der Waals surface area (Å²) < 4.78 is 5.45. The van der Waals surface area contributed by atoms with Gasteiger partial charge in [-0.2, -0.15) is 0 Å². The first-order chi connectivity index (χ1) is 12.8. The first kappa shape index (κ1) is 19.2. The van der Waals surface area contributed by atoms with Gasteiger partial charge in [0.25, 0.3) is 17.6 Å². The van der Waals surface area contributed by atoms with Crippen LogP contribution in [0.1, 0.15) is 23.8 Å². The largest absolute Gasteiger partial charge is 0.495 e. The number of hydrogen-bond donors (Lipinski definition) is 3. The van der Waals surface area contributed by atoms with Gasteiger partial charge >= 0.3 is 5.97 Å². The molecule has 1 aromatic heterocycles. The Balaban J connectivity index is 1.72. The fourth-order valence-corrected chi connectivity index (χ4v) is 4.46. The second kappa shape index (κ2) is 7.56. The number of thiazole rings is 1. The van der Waals surface area contributed by atoms with Crippen LogP contribution in [-0.2, 0) is 19.1 Å². The van der Waals surface area contributed by atoms with Crippen LogP contribution >= 0.6 is 23.1 Å². The van der Waals surface area contributed by atoms with Gasteiger partial charge in [0.05, 0.1) is 12.4 Å². The zero-order valence-corrected chi connectivity index (χ0v) is 15.8. The number of carboxylic acids is 1. The Bertz CT molecular complexity index is 851. The van der Waals surface area contributed by atoms with Crippen LogP contribution in [0.5, 0.6) is 0 Å². The van der Waals surface area contributed by atoms with E-state index in [-0.39, 0.29) is 28.0 Å². The number of aliphatic carboxylic acids is 1. The number of hydrogen-bond acceptors (Lipinski definition) is 9. The highest BCUT2D eigenvalue weighted by Gasteiger charge is 2.55. The lowest BCUT2D eigenvalue weighted by atomic mass is 10.0. The van der Waals surface area contributed by atoms with Gasteiger partial charge in [0, 0.05) is 5.38 Å². The minimum absolute atomic E-state index is 0.101. The molecule has 2 atom stereocenters. The highest BCUT2D eigenvalue weighted by atomic mass is 32.2. The van der Waals surface area contributed by atoms with Crippen molar-refractivity contribution < 1.29 is 29.0 Å². The number of ketones is 1. The summed E-state index contributed by atoms with van der Waals surface area (Å²) in [5.41, 5.74) is 5.12. The van der Waals surface area contributed by atoms with E-state index in [2.05, 4.69) is 10.3 Å². The summed E-state index contributed by atoms with van der Waals surface area (Å²) in [5, 5.41) is 12.7. The van der Waals surface area contributed by atoms with E-state index in [1.807, 2.05) is 6.92 Å². The average Bonchev–Trinajstić information content (AvgIpc) is 3.08. The number of nitrogens with one attached hydrogen (secondary N) is 1. The Hall–Kier alpha value is -2.60. The molecule has 1 saturated heterocycles. The van der Waals surface area contributed by atoms with E-state index >= 15 is 0 Å². The minimum Gasteiger partial charge on any atom is -0.495 e. The van der Waals surface area contributed by atoms with E-state index < -0.39 is 35.0 Å². The van der Waals surface area contributed by atoms with Crippen molar-refractivity contribution >= 4 is 51.8 Å². The van der Waals surface area contributed by atoms with Gasteiger partial charge in [-0.15, -0.1) is 23.1 Å². The number of carboxylic acid groups (broad SMARTS) is 1. The number of fused-ring (bicyclic) bond motifs is 1. The molecule has 0 radical (unpaired) electrons. The van der Waals surface area contributed by atoms with Gasteiger partial charge in [0.1, 0.15) is 22.9 Å². The van der Waals surface area contributed by atoms with Crippen molar-refractivity contribution in [2.45, 2.75) is 24.8 Å². The Labute approximate surface area is 161 Å². The highest BCUT2D eigenvalue weighted by molar-refractivity contribution is 8.00. The number of rotatable bonds is 7. The van der Waals surface area contributed by atoms with E-state index in [4.69, 9.17) is 10.5 Å². The maximum absolute atomic E-state index is 12.4. The van der Waals surface area contributed by atoms with Gasteiger partial charge in [-0.05, 0) is 6.42 Å². The summed E-state index contributed by atoms with van der Waals surface area (Å²) in [6.07, 6.45) is 0.695. The molecular weight excluding hydrogens is 396 g/mol. The third kappa shape index (κ3) is 3.49. The van der Waals surface area contributed by atoms with E-state index in [1.54, 1.807) is 0 Å². The number of thioether (sulfide) groups is 1. The molecule has 1 unspecified atom stereocenters. The van der Waals surface area contributed by atoms with Crippen LogP contribution in [-0.4, -0.2) is 62.3 Å². The van der Waals surface area contributed by atoms with Crippen LogP contribution in [0.15, 0.2) is 16.8 Å². The molecule has 0 aromatic carbocycles. The fourth-order valence-electron chi connectivity index (χ4n) is 2.64. The number of β-lactam (4-membered cyclic amide) rings is 1. The predicted octanol–water partition coefficient (Wildman–Crippen LogP) is 0.0307. The fraction of sp³-hybridized carbons (Fsp3) is 0.400. The topological polar surface area (TPSA) is 152 Å². The molecule has 1 fully saturated rings. The van der Waals surface area contributed by atoms with Crippen LogP contribution in [0, 0.1) is 0 Å². The molecule has 0 bridgehead atoms. The number of aromatic nitrogens is 1. The summed E-state index contributed by atoms with van der Waals surface area (Å²) in [4.78, 5) is 53.0. The molecule has 144 valence electrons. The molecule has 2 amide bonds. The van der Waals surface area contributed by atoms with Crippen LogP contribution in [0.3, 0.4) is 0 Å². The zero-order chi connectivity index (χ0) is 19.7. The molecule has 27 heavy (non-hydrogen) atoms. The van der Waals surface area contributed by atoms with Gasteiger partial charge in [0.15, 0.2) is 10.8 Å². The van der Waals surface area contributed by atoms with Crippen molar-refractivity contribution in [2.24, 2.45) is 0 Å². The quantitative estimate of drug-likeness (QED) is 0.320. The van der Waals surface area contributed by atoms with Crippen molar-refractivity contribution in [1.29, 1.82) is 0 Å². The SMILES string of the molecule is CCCOC1=C(C(=O)O)N2C(=O)C(NC(=O)C(=O)c3csc(N)n3)[C@@H]2SC1. The van der Waals surface area contributed by atoms with Crippen LogP contribution in [0.4, 0.5) is 5.13 Å². The number of amides is 2. The van der Waals surface area contributed by atoms with Gasteiger partial charge in [-0.3, -0.25) is 19.3 Å².